The molecule has 0 bridgehead atoms. The van der Waals surface area contributed by atoms with Gasteiger partial charge in [0.05, 0.1) is 6.04 Å². The van der Waals surface area contributed by atoms with Crippen molar-refractivity contribution < 1.29 is 19.1 Å². The number of ether oxygens (including phenoxy) is 2. The normalized spacial score (nSPS) is 12.2. The Bertz CT molecular complexity index is 1010. The topological polar surface area (TPSA) is 92.4 Å². The number of nitrogens with one attached hydrogen (secondary N) is 3. The van der Waals surface area contributed by atoms with Gasteiger partial charge in [-0.15, -0.1) is 0 Å². The molecule has 0 radical (unpaired) electrons. The second-order valence-electron chi connectivity index (χ2n) is 8.31. The Labute approximate surface area is 182 Å². The van der Waals surface area contributed by atoms with Gasteiger partial charge in [0, 0.05) is 17.1 Å². The van der Waals surface area contributed by atoms with Gasteiger partial charge in [-0.1, -0.05) is 36.4 Å². The lowest BCUT2D eigenvalue weighted by Crippen LogP contribution is -2.46. The molecule has 2 amide bonds. The lowest BCUT2D eigenvalue weighted by molar-refractivity contribution is -0.121. The molecule has 164 valence electrons. The van der Waals surface area contributed by atoms with Crippen LogP contribution in [0.5, 0.6) is 5.75 Å². The van der Waals surface area contributed by atoms with Gasteiger partial charge in [-0.2, -0.15) is 0 Å². The van der Waals surface area contributed by atoms with Crippen LogP contribution in [0.15, 0.2) is 60.8 Å². The summed E-state index contributed by atoms with van der Waals surface area (Å²) in [6.07, 6.45) is 1.90. The first-order valence-electron chi connectivity index (χ1n) is 10.3. The second kappa shape index (κ2) is 10.0. The van der Waals surface area contributed by atoms with E-state index in [4.69, 9.17) is 9.47 Å². The molecule has 3 N–H and O–H groups in total. The maximum absolute atomic E-state index is 12.5. The van der Waals surface area contributed by atoms with Crippen LogP contribution >= 0.6 is 0 Å². The highest BCUT2D eigenvalue weighted by Crippen LogP contribution is 2.19. The summed E-state index contributed by atoms with van der Waals surface area (Å²) in [4.78, 5) is 27.6. The van der Waals surface area contributed by atoms with Crippen LogP contribution < -0.4 is 15.4 Å². The number of para-hydroxylation sites is 2. The number of alkyl carbamates (subject to hydrolysis) is 1. The molecule has 0 spiro atoms. The Hall–Kier alpha value is -3.48. The first kappa shape index (κ1) is 22.2. The van der Waals surface area contributed by atoms with Gasteiger partial charge in [0.15, 0.2) is 0 Å². The first-order chi connectivity index (χ1) is 14.8. The molecule has 0 fully saturated rings. The zero-order valence-electron chi connectivity index (χ0n) is 18.1. The van der Waals surface area contributed by atoms with Crippen LogP contribution in [-0.2, 0) is 16.0 Å². The smallest absolute Gasteiger partial charge is 0.408 e. The van der Waals surface area contributed by atoms with Gasteiger partial charge in [0.25, 0.3) is 0 Å². The second-order valence-corrected chi connectivity index (χ2v) is 8.31. The predicted molar refractivity (Wildman–Crippen MR) is 120 cm³/mol. The fraction of sp³-hybridized carbons (Fsp3) is 0.333. The van der Waals surface area contributed by atoms with Gasteiger partial charge in [-0.05, 0) is 51.0 Å². The number of benzene rings is 2. The third-order valence-corrected chi connectivity index (χ3v) is 4.49. The van der Waals surface area contributed by atoms with Crippen LogP contribution in [0, 0.1) is 0 Å². The van der Waals surface area contributed by atoms with Crippen molar-refractivity contribution >= 4 is 22.9 Å². The standard InChI is InChI=1S/C24H29N3O4/c1-24(2,3)31-23(29)26-15-22(28)27-18(16-30-19-9-5-4-6-10-19)13-17-14-25-21-12-8-7-11-20(17)21/h4-12,14,18,25H,13,15-16H2,1-3H3,(H,26,29)(H,27,28). The number of hydrogen-bond acceptors (Lipinski definition) is 4. The van der Waals surface area contributed by atoms with E-state index >= 15 is 0 Å². The zero-order chi connectivity index (χ0) is 22.3. The van der Waals surface area contributed by atoms with Crippen molar-refractivity contribution in [1.29, 1.82) is 0 Å². The van der Waals surface area contributed by atoms with E-state index in [2.05, 4.69) is 15.6 Å². The molecular formula is C24H29N3O4. The van der Waals surface area contributed by atoms with Crippen LogP contribution in [0.1, 0.15) is 26.3 Å². The number of fused-ring (bicyclic) bond motifs is 1. The van der Waals surface area contributed by atoms with Crippen LogP contribution in [-0.4, -0.2) is 41.8 Å². The lowest BCUT2D eigenvalue weighted by Gasteiger charge is -2.21. The minimum absolute atomic E-state index is 0.176. The summed E-state index contributed by atoms with van der Waals surface area (Å²) in [6, 6.07) is 17.2. The van der Waals surface area contributed by atoms with Gasteiger partial charge in [-0.3, -0.25) is 4.79 Å². The zero-order valence-corrected chi connectivity index (χ0v) is 18.1. The van der Waals surface area contributed by atoms with E-state index in [0.717, 1.165) is 22.2 Å². The molecular weight excluding hydrogens is 394 g/mol. The number of aromatic amines is 1. The Morgan fingerprint density at radius 3 is 2.48 bits per heavy atom. The monoisotopic (exact) mass is 423 g/mol. The van der Waals surface area contributed by atoms with Gasteiger partial charge in [0.1, 0.15) is 24.5 Å². The number of carbonyl (C=O) groups excluding carboxylic acids is 2. The predicted octanol–water partition coefficient (Wildman–Crippen LogP) is 3.80. The summed E-state index contributed by atoms with van der Waals surface area (Å²) in [5, 5.41) is 6.55. The quantitative estimate of drug-likeness (QED) is 0.514. The summed E-state index contributed by atoms with van der Waals surface area (Å²) in [7, 11) is 0. The third kappa shape index (κ3) is 7.06. The van der Waals surface area contributed by atoms with Gasteiger partial charge >= 0.3 is 6.09 Å². The van der Waals surface area contributed by atoms with Gasteiger partial charge < -0.3 is 25.1 Å². The number of carbonyl (C=O) groups is 2. The Kier molecular flexibility index (Phi) is 7.18. The molecule has 1 atom stereocenters. The molecule has 0 aliphatic rings. The summed E-state index contributed by atoms with van der Waals surface area (Å²) in [5.41, 5.74) is 1.50. The average Bonchev–Trinajstić information content (AvgIpc) is 3.13. The SMILES string of the molecule is CC(C)(C)OC(=O)NCC(=O)NC(COc1ccccc1)Cc1c[nH]c2ccccc12. The largest absolute Gasteiger partial charge is 0.491 e. The average molecular weight is 424 g/mol. The maximum Gasteiger partial charge on any atom is 0.408 e. The Morgan fingerprint density at radius 1 is 1.03 bits per heavy atom. The van der Waals surface area contributed by atoms with Crippen molar-refractivity contribution in [2.75, 3.05) is 13.2 Å². The van der Waals surface area contributed by atoms with Crippen LogP contribution in [0.2, 0.25) is 0 Å². The first-order valence-corrected chi connectivity index (χ1v) is 10.3. The van der Waals surface area contributed by atoms with E-state index < -0.39 is 11.7 Å². The molecule has 1 heterocycles. The molecule has 0 aliphatic carbocycles. The van der Waals surface area contributed by atoms with Crippen LogP contribution in [0.25, 0.3) is 10.9 Å². The molecule has 1 aromatic heterocycles. The molecule has 7 nitrogen and oxygen atoms in total. The number of amides is 2. The number of aromatic nitrogens is 1. The van der Waals surface area contributed by atoms with Gasteiger partial charge in [-0.25, -0.2) is 4.79 Å². The number of hydrogen-bond donors (Lipinski definition) is 3. The summed E-state index contributed by atoms with van der Waals surface area (Å²) in [6.45, 7) is 5.42. The summed E-state index contributed by atoms with van der Waals surface area (Å²) >= 11 is 0. The fourth-order valence-electron chi connectivity index (χ4n) is 3.18. The number of H-pyrrole nitrogens is 1. The molecule has 2 aromatic carbocycles. The van der Waals surface area contributed by atoms with E-state index in [9.17, 15) is 9.59 Å². The minimum Gasteiger partial charge on any atom is -0.491 e. The van der Waals surface area contributed by atoms with Crippen LogP contribution in [0.4, 0.5) is 4.79 Å². The van der Waals surface area contributed by atoms with E-state index in [1.807, 2.05) is 60.8 Å². The fourth-order valence-corrected chi connectivity index (χ4v) is 3.18. The molecule has 0 saturated heterocycles. The van der Waals surface area contributed by atoms with Crippen molar-refractivity contribution in [2.24, 2.45) is 0 Å². The van der Waals surface area contributed by atoms with Crippen molar-refractivity contribution in [3.05, 3.63) is 66.4 Å². The lowest BCUT2D eigenvalue weighted by atomic mass is 10.1. The van der Waals surface area contributed by atoms with Crippen molar-refractivity contribution in [3.63, 3.8) is 0 Å². The Morgan fingerprint density at radius 2 is 1.74 bits per heavy atom. The summed E-state index contributed by atoms with van der Waals surface area (Å²) in [5.74, 6) is 0.417. The minimum atomic E-state index is -0.628. The Balaban J connectivity index is 1.63. The van der Waals surface area contributed by atoms with Crippen molar-refractivity contribution in [1.82, 2.24) is 15.6 Å². The van der Waals surface area contributed by atoms with E-state index in [1.165, 1.54) is 0 Å². The summed E-state index contributed by atoms with van der Waals surface area (Å²) < 4.78 is 11.1. The molecule has 7 heteroatoms. The maximum atomic E-state index is 12.5. The highest BCUT2D eigenvalue weighted by Gasteiger charge is 2.19. The van der Waals surface area contributed by atoms with Crippen molar-refractivity contribution in [2.45, 2.75) is 38.8 Å². The highest BCUT2D eigenvalue weighted by molar-refractivity contribution is 5.84. The molecule has 0 saturated carbocycles. The third-order valence-electron chi connectivity index (χ3n) is 4.49. The molecule has 31 heavy (non-hydrogen) atoms. The molecule has 1 unspecified atom stereocenters. The van der Waals surface area contributed by atoms with E-state index in [-0.39, 0.29) is 18.5 Å². The molecule has 0 aliphatic heterocycles. The molecule has 3 aromatic rings. The van der Waals surface area contributed by atoms with E-state index in [0.29, 0.717) is 13.0 Å². The van der Waals surface area contributed by atoms with E-state index in [1.54, 1.807) is 20.8 Å². The van der Waals surface area contributed by atoms with Gasteiger partial charge in [0.2, 0.25) is 5.91 Å². The van der Waals surface area contributed by atoms with Crippen LogP contribution in [0.3, 0.4) is 0 Å². The molecule has 3 rings (SSSR count). The van der Waals surface area contributed by atoms with Crippen molar-refractivity contribution in [3.8, 4) is 5.75 Å². The number of rotatable bonds is 8. The highest BCUT2D eigenvalue weighted by atomic mass is 16.6.